The highest BCUT2D eigenvalue weighted by atomic mass is 16.1. The zero-order valence-corrected chi connectivity index (χ0v) is 11.0. The zero-order valence-electron chi connectivity index (χ0n) is 11.0. The summed E-state index contributed by atoms with van der Waals surface area (Å²) in [6, 6.07) is 0.680. The largest absolute Gasteiger partial charge is 0.305 e. The number of hydrogen-bond acceptors (Lipinski definition) is 3. The van der Waals surface area contributed by atoms with Crippen molar-refractivity contribution in [2.24, 2.45) is 0 Å². The van der Waals surface area contributed by atoms with E-state index < -0.39 is 0 Å². The van der Waals surface area contributed by atoms with Crippen LogP contribution in [0.5, 0.6) is 0 Å². The van der Waals surface area contributed by atoms with E-state index in [0.29, 0.717) is 11.8 Å². The Kier molecular flexibility index (Phi) is 5.99. The molecule has 1 saturated heterocycles. The number of nitrogens with zero attached hydrogens (tertiary/aromatic N) is 2. The van der Waals surface area contributed by atoms with E-state index in [1.54, 1.807) is 6.92 Å². The molecule has 0 amide bonds. The van der Waals surface area contributed by atoms with Gasteiger partial charge in [-0.15, -0.1) is 0 Å². The Hall–Kier alpha value is -0.410. The van der Waals surface area contributed by atoms with Crippen molar-refractivity contribution in [3.05, 3.63) is 0 Å². The molecule has 1 atom stereocenters. The molecule has 1 heterocycles. The number of ketones is 1. The van der Waals surface area contributed by atoms with E-state index in [-0.39, 0.29) is 0 Å². The molecule has 0 N–H and O–H groups in total. The van der Waals surface area contributed by atoms with Crippen LogP contribution in [-0.4, -0.2) is 54.9 Å². The van der Waals surface area contributed by atoms with Gasteiger partial charge in [-0.05, 0) is 52.9 Å². The van der Waals surface area contributed by atoms with Crippen molar-refractivity contribution in [1.29, 1.82) is 0 Å². The molecule has 1 aliphatic rings. The third-order valence-corrected chi connectivity index (χ3v) is 3.47. The van der Waals surface area contributed by atoms with Gasteiger partial charge in [-0.3, -0.25) is 4.90 Å². The molecule has 1 aliphatic heterocycles. The maximum absolute atomic E-state index is 10.9. The minimum atomic E-state index is 0.319. The van der Waals surface area contributed by atoms with Gasteiger partial charge in [0.1, 0.15) is 5.78 Å². The molecule has 1 rings (SSSR count). The van der Waals surface area contributed by atoms with E-state index >= 15 is 0 Å². The van der Waals surface area contributed by atoms with Crippen LogP contribution in [-0.2, 0) is 4.79 Å². The second-order valence-electron chi connectivity index (χ2n) is 5.02. The predicted octanol–water partition coefficient (Wildman–Crippen LogP) is 1.77. The highest BCUT2D eigenvalue weighted by Crippen LogP contribution is 2.12. The summed E-state index contributed by atoms with van der Waals surface area (Å²) >= 11 is 0. The summed E-state index contributed by atoms with van der Waals surface area (Å²) in [4.78, 5) is 15.9. The molecular weight excluding hydrogens is 200 g/mol. The Bertz CT molecular complexity index is 218. The smallest absolute Gasteiger partial charge is 0.129 e. The van der Waals surface area contributed by atoms with E-state index in [2.05, 4.69) is 23.8 Å². The van der Waals surface area contributed by atoms with Gasteiger partial charge < -0.3 is 9.69 Å². The van der Waals surface area contributed by atoms with Crippen molar-refractivity contribution < 1.29 is 4.79 Å². The second kappa shape index (κ2) is 7.02. The third-order valence-electron chi connectivity index (χ3n) is 3.47. The minimum Gasteiger partial charge on any atom is -0.305 e. The third kappa shape index (κ3) is 4.62. The van der Waals surface area contributed by atoms with Gasteiger partial charge in [-0.2, -0.15) is 0 Å². The molecule has 0 aliphatic carbocycles. The number of Topliss-reactive ketones (excluding diaryl/α,β-unsaturated/α-hetero) is 1. The van der Waals surface area contributed by atoms with Crippen molar-refractivity contribution in [1.82, 2.24) is 9.80 Å². The Morgan fingerprint density at radius 3 is 2.75 bits per heavy atom. The Morgan fingerprint density at radius 1 is 1.38 bits per heavy atom. The molecule has 0 spiro atoms. The summed E-state index contributed by atoms with van der Waals surface area (Å²) in [6.45, 7) is 8.62. The van der Waals surface area contributed by atoms with Crippen LogP contribution in [0.15, 0.2) is 0 Å². The van der Waals surface area contributed by atoms with E-state index in [1.807, 2.05) is 0 Å². The molecule has 1 unspecified atom stereocenters. The van der Waals surface area contributed by atoms with Crippen LogP contribution in [0.4, 0.5) is 0 Å². The molecule has 0 radical (unpaired) electrons. The lowest BCUT2D eigenvalue weighted by molar-refractivity contribution is -0.117. The molecule has 0 aromatic heterocycles. The van der Waals surface area contributed by atoms with Crippen LogP contribution in [0.1, 0.15) is 39.5 Å². The van der Waals surface area contributed by atoms with E-state index in [4.69, 9.17) is 0 Å². The number of carbonyl (C=O) groups is 1. The summed E-state index contributed by atoms with van der Waals surface area (Å²) < 4.78 is 0. The van der Waals surface area contributed by atoms with Crippen LogP contribution in [0.3, 0.4) is 0 Å². The topological polar surface area (TPSA) is 23.6 Å². The molecule has 94 valence electrons. The fourth-order valence-electron chi connectivity index (χ4n) is 2.51. The number of carbonyl (C=O) groups excluding carboxylic acids is 1. The average molecular weight is 226 g/mol. The van der Waals surface area contributed by atoms with Gasteiger partial charge in [0.05, 0.1) is 0 Å². The van der Waals surface area contributed by atoms with Crippen LogP contribution in [0.25, 0.3) is 0 Å². The quantitative estimate of drug-likeness (QED) is 0.714. The number of hydrogen-bond donors (Lipinski definition) is 0. The SMILES string of the molecule is CCC1CN(C)CCCN1CCCC(C)=O. The van der Waals surface area contributed by atoms with Crippen molar-refractivity contribution in [2.45, 2.75) is 45.6 Å². The molecule has 0 bridgehead atoms. The van der Waals surface area contributed by atoms with Crippen molar-refractivity contribution in [3.63, 3.8) is 0 Å². The first-order chi connectivity index (χ1) is 7.63. The van der Waals surface area contributed by atoms with Gasteiger partial charge >= 0.3 is 0 Å². The minimum absolute atomic E-state index is 0.319. The molecule has 3 heteroatoms. The standard InChI is InChI=1S/C13H26N2O/c1-4-13-11-14(3)8-6-10-15(13)9-5-7-12(2)16/h13H,4-11H2,1-3H3. The van der Waals surface area contributed by atoms with Gasteiger partial charge in [-0.25, -0.2) is 0 Å². The molecule has 16 heavy (non-hydrogen) atoms. The Morgan fingerprint density at radius 2 is 2.12 bits per heavy atom. The Balaban J connectivity index is 2.38. The summed E-state index contributed by atoms with van der Waals surface area (Å²) in [5.41, 5.74) is 0. The van der Waals surface area contributed by atoms with Crippen LogP contribution in [0, 0.1) is 0 Å². The van der Waals surface area contributed by atoms with Gasteiger partial charge in [0.25, 0.3) is 0 Å². The molecule has 0 saturated carbocycles. The monoisotopic (exact) mass is 226 g/mol. The molecule has 3 nitrogen and oxygen atoms in total. The molecule has 0 aromatic carbocycles. The highest BCUT2D eigenvalue weighted by Gasteiger charge is 2.21. The lowest BCUT2D eigenvalue weighted by atomic mass is 10.1. The highest BCUT2D eigenvalue weighted by molar-refractivity contribution is 5.75. The number of rotatable bonds is 5. The fraction of sp³-hybridized carbons (Fsp3) is 0.923. The van der Waals surface area contributed by atoms with Gasteiger partial charge in [-0.1, -0.05) is 6.92 Å². The molecule has 1 fully saturated rings. The van der Waals surface area contributed by atoms with Gasteiger partial charge in [0.15, 0.2) is 0 Å². The first-order valence-corrected chi connectivity index (χ1v) is 6.55. The summed E-state index contributed by atoms with van der Waals surface area (Å²) in [6.07, 6.45) is 4.23. The first-order valence-electron chi connectivity index (χ1n) is 6.55. The van der Waals surface area contributed by atoms with Crippen LogP contribution < -0.4 is 0 Å². The molecule has 0 aromatic rings. The second-order valence-corrected chi connectivity index (χ2v) is 5.02. The number of likely N-dealkylation sites (N-methyl/N-ethyl adjacent to an activating group) is 1. The van der Waals surface area contributed by atoms with E-state index in [1.165, 1.54) is 32.5 Å². The fourth-order valence-corrected chi connectivity index (χ4v) is 2.51. The van der Waals surface area contributed by atoms with Crippen molar-refractivity contribution in [3.8, 4) is 0 Å². The first kappa shape index (κ1) is 13.7. The predicted molar refractivity (Wildman–Crippen MR) is 67.7 cm³/mol. The van der Waals surface area contributed by atoms with E-state index in [0.717, 1.165) is 19.4 Å². The summed E-state index contributed by atoms with van der Waals surface area (Å²) in [5, 5.41) is 0. The lowest BCUT2D eigenvalue weighted by Crippen LogP contribution is -2.40. The Labute approximate surface area is 99.8 Å². The van der Waals surface area contributed by atoms with Crippen molar-refractivity contribution in [2.75, 3.05) is 33.2 Å². The van der Waals surface area contributed by atoms with Crippen LogP contribution in [0.2, 0.25) is 0 Å². The summed E-state index contributed by atoms with van der Waals surface area (Å²) in [7, 11) is 2.21. The maximum Gasteiger partial charge on any atom is 0.129 e. The lowest BCUT2D eigenvalue weighted by Gasteiger charge is -2.30. The average Bonchev–Trinajstić information content (AvgIpc) is 2.40. The van der Waals surface area contributed by atoms with Gasteiger partial charge in [0, 0.05) is 19.0 Å². The maximum atomic E-state index is 10.9. The van der Waals surface area contributed by atoms with Gasteiger partial charge in [0.2, 0.25) is 0 Å². The van der Waals surface area contributed by atoms with Crippen molar-refractivity contribution >= 4 is 5.78 Å². The van der Waals surface area contributed by atoms with E-state index in [9.17, 15) is 4.79 Å². The van der Waals surface area contributed by atoms with Crippen LogP contribution >= 0.6 is 0 Å². The normalized spacial score (nSPS) is 24.3. The summed E-state index contributed by atoms with van der Waals surface area (Å²) in [5.74, 6) is 0.319. The zero-order chi connectivity index (χ0) is 12.0. The molecular formula is C13H26N2O.